The van der Waals surface area contributed by atoms with Crippen LogP contribution in [-0.4, -0.2) is 43.8 Å². The monoisotopic (exact) mass is 347 g/mol. The summed E-state index contributed by atoms with van der Waals surface area (Å²) in [6.07, 6.45) is -9.80. The number of hydrogen-bond donors (Lipinski definition) is 0. The maximum atomic E-state index is 13.6. The van der Waals surface area contributed by atoms with E-state index >= 15 is 0 Å². The van der Waals surface area contributed by atoms with Crippen LogP contribution in [-0.2, 0) is 4.74 Å². The third-order valence-corrected chi connectivity index (χ3v) is 2.36. The van der Waals surface area contributed by atoms with Crippen LogP contribution in [0.25, 0.3) is 0 Å². The molecule has 0 radical (unpaired) electrons. The molecule has 0 N–H and O–H groups in total. The van der Waals surface area contributed by atoms with Gasteiger partial charge in [0.1, 0.15) is 32.5 Å². The first-order valence-electron chi connectivity index (χ1n) is 5.10. The highest BCUT2D eigenvalue weighted by Gasteiger charge is 2.64. The Labute approximate surface area is 122 Å². The summed E-state index contributed by atoms with van der Waals surface area (Å²) in [5.41, 5.74) is 0. The number of nitrogens with zero attached hydrogens (tertiary/aromatic N) is 4. The highest BCUT2D eigenvalue weighted by molar-refractivity contribution is 5.54. The Morgan fingerprint density at radius 2 is 1.13 bits per heavy atom. The van der Waals surface area contributed by atoms with Crippen molar-refractivity contribution in [2.24, 2.45) is 0 Å². The zero-order valence-electron chi connectivity index (χ0n) is 10.5. The fourth-order valence-corrected chi connectivity index (χ4v) is 1.30. The van der Waals surface area contributed by atoms with Gasteiger partial charge in [-0.2, -0.15) is 0 Å². The SMILES string of the molecule is O=C([O-])OC(CC(F)([N+](=O)[O-])[N+](=O)[O-])CC(F)([N+](=O)[O-])[N+](=O)[O-]. The smallest absolute Gasteiger partial charge is 0.545 e. The first-order chi connectivity index (χ1) is 10.3. The Bertz CT molecular complexity index is 485. The minimum atomic E-state index is -4.63. The van der Waals surface area contributed by atoms with Gasteiger partial charge in [-0.25, -0.2) is 0 Å². The fraction of sp³-hybridized carbons (Fsp3) is 0.833. The minimum Gasteiger partial charge on any atom is -0.545 e. The van der Waals surface area contributed by atoms with Gasteiger partial charge in [0.05, 0.1) is 6.10 Å². The van der Waals surface area contributed by atoms with Gasteiger partial charge in [0.2, 0.25) is 0 Å². The van der Waals surface area contributed by atoms with Crippen LogP contribution in [0.5, 0.6) is 0 Å². The van der Waals surface area contributed by atoms with E-state index in [9.17, 15) is 59.1 Å². The van der Waals surface area contributed by atoms with Crippen LogP contribution < -0.4 is 5.11 Å². The molecule has 15 nitrogen and oxygen atoms in total. The average molecular weight is 347 g/mol. The van der Waals surface area contributed by atoms with Gasteiger partial charge in [0, 0.05) is 0 Å². The second kappa shape index (κ2) is 6.66. The molecule has 0 fully saturated rings. The van der Waals surface area contributed by atoms with E-state index in [-0.39, 0.29) is 0 Å². The Balaban J connectivity index is 5.67. The molecule has 0 atom stereocenters. The Morgan fingerprint density at radius 3 is 1.30 bits per heavy atom. The second-order valence-electron chi connectivity index (χ2n) is 3.86. The molecule has 0 heterocycles. The number of ether oxygens (including phenoxy) is 1. The van der Waals surface area contributed by atoms with Gasteiger partial charge in [-0.3, -0.25) is 40.5 Å². The highest BCUT2D eigenvalue weighted by atomic mass is 19.2. The van der Waals surface area contributed by atoms with E-state index < -0.39 is 56.6 Å². The molecule has 23 heavy (non-hydrogen) atoms. The Kier molecular flexibility index (Phi) is 5.71. The lowest BCUT2D eigenvalue weighted by molar-refractivity contribution is -0.839. The number of alkyl halides is 2. The number of rotatable bonds is 9. The standard InChI is InChI=1S/C6H6F2N4O11/c7-5(9(15)16,10(17)18)1-3(23-4(13)14)2-6(8,11(19)20)12(21)22/h3H,1-2H2,(H,13,14)/p-1. The van der Waals surface area contributed by atoms with Crippen molar-refractivity contribution in [1.29, 1.82) is 0 Å². The molecule has 0 rings (SSSR count). The molecule has 0 unspecified atom stereocenters. The zero-order valence-corrected chi connectivity index (χ0v) is 10.5. The molecule has 0 aromatic rings. The van der Waals surface area contributed by atoms with E-state index in [1.165, 1.54) is 0 Å². The van der Waals surface area contributed by atoms with Crippen molar-refractivity contribution in [3.63, 3.8) is 0 Å². The summed E-state index contributed by atoms with van der Waals surface area (Å²) in [7, 11) is 0. The number of carbonyl (C=O) groups excluding carboxylic acids is 1. The van der Waals surface area contributed by atoms with Crippen molar-refractivity contribution in [2.75, 3.05) is 0 Å². The molecule has 0 amide bonds. The van der Waals surface area contributed by atoms with Crippen molar-refractivity contribution >= 4 is 6.16 Å². The predicted molar refractivity (Wildman–Crippen MR) is 55.2 cm³/mol. The van der Waals surface area contributed by atoms with Crippen LogP contribution in [0.3, 0.4) is 0 Å². The van der Waals surface area contributed by atoms with E-state index in [0.29, 0.717) is 0 Å². The van der Waals surface area contributed by atoms with Crippen molar-refractivity contribution < 1.29 is 43.1 Å². The van der Waals surface area contributed by atoms with Gasteiger partial charge in [0.15, 0.2) is 0 Å². The topological polar surface area (TPSA) is 222 Å². The maximum absolute atomic E-state index is 13.6. The number of hydrogen-bond acceptors (Lipinski definition) is 11. The summed E-state index contributed by atoms with van der Waals surface area (Å²) < 4.78 is 30.7. The van der Waals surface area contributed by atoms with Gasteiger partial charge in [0.25, 0.3) is 6.16 Å². The van der Waals surface area contributed by atoms with Gasteiger partial charge >= 0.3 is 11.8 Å². The summed E-state index contributed by atoms with van der Waals surface area (Å²) in [5.74, 6) is -9.26. The van der Waals surface area contributed by atoms with Crippen molar-refractivity contribution in [3.8, 4) is 0 Å². The summed E-state index contributed by atoms with van der Waals surface area (Å²) >= 11 is 0. The van der Waals surface area contributed by atoms with Crippen molar-refractivity contribution in [2.45, 2.75) is 30.8 Å². The molecule has 0 aliphatic carbocycles. The summed E-state index contributed by atoms with van der Waals surface area (Å²) in [6.45, 7) is 0. The first-order valence-corrected chi connectivity index (χ1v) is 5.10. The molecule has 0 aromatic heterocycles. The van der Waals surface area contributed by atoms with E-state index in [2.05, 4.69) is 4.74 Å². The molecule has 0 spiro atoms. The van der Waals surface area contributed by atoms with Gasteiger partial charge in [-0.1, -0.05) is 8.78 Å². The summed E-state index contributed by atoms with van der Waals surface area (Å²) in [6, 6.07) is 0. The van der Waals surface area contributed by atoms with E-state index in [0.717, 1.165) is 0 Å². The van der Waals surface area contributed by atoms with Crippen LogP contribution in [0.15, 0.2) is 0 Å². The third kappa shape index (κ3) is 4.35. The van der Waals surface area contributed by atoms with Gasteiger partial charge in [-0.15, -0.1) is 0 Å². The minimum absolute atomic E-state index is 2.16. The highest BCUT2D eigenvalue weighted by Crippen LogP contribution is 2.29. The number of halogens is 2. The first kappa shape index (κ1) is 19.7. The lowest BCUT2D eigenvalue weighted by atomic mass is 10.1. The van der Waals surface area contributed by atoms with Crippen molar-refractivity contribution in [3.05, 3.63) is 40.5 Å². The van der Waals surface area contributed by atoms with E-state index in [4.69, 9.17) is 0 Å². The average Bonchev–Trinajstić information content (AvgIpc) is 2.36. The lowest BCUT2D eigenvalue weighted by Crippen LogP contribution is -2.50. The van der Waals surface area contributed by atoms with Crippen LogP contribution in [0.1, 0.15) is 12.8 Å². The van der Waals surface area contributed by atoms with Crippen LogP contribution in [0.4, 0.5) is 13.6 Å². The summed E-state index contributed by atoms with van der Waals surface area (Å²) in [5, 5.41) is 51.5. The molecule has 0 bridgehead atoms. The largest absolute Gasteiger partial charge is 0.615 e. The Morgan fingerprint density at radius 1 is 0.870 bits per heavy atom. The maximum Gasteiger partial charge on any atom is 0.615 e. The molecule has 0 aliphatic heterocycles. The third-order valence-electron chi connectivity index (χ3n) is 2.36. The summed E-state index contributed by atoms with van der Waals surface area (Å²) in [4.78, 5) is 42.9. The lowest BCUT2D eigenvalue weighted by Gasteiger charge is -2.22. The molecular formula is C6H5F2N4O11-. The van der Waals surface area contributed by atoms with Gasteiger partial charge < -0.3 is 14.6 Å². The normalized spacial score (nSPS) is 11.8. The molecule has 17 heteroatoms. The Hall–Kier alpha value is -3.27. The molecule has 0 aromatic carbocycles. The number of carboxylic acid groups (broad SMARTS) is 1. The quantitative estimate of drug-likeness (QED) is 0.159. The van der Waals surface area contributed by atoms with Crippen LogP contribution in [0, 0.1) is 40.5 Å². The van der Waals surface area contributed by atoms with Crippen LogP contribution >= 0.6 is 0 Å². The fourth-order valence-electron chi connectivity index (χ4n) is 1.30. The van der Waals surface area contributed by atoms with Crippen LogP contribution in [0.2, 0.25) is 0 Å². The second-order valence-corrected chi connectivity index (χ2v) is 3.86. The molecular weight excluding hydrogens is 342 g/mol. The van der Waals surface area contributed by atoms with E-state index in [1.54, 1.807) is 0 Å². The zero-order chi connectivity index (χ0) is 18.6. The molecule has 0 saturated heterocycles. The molecule has 130 valence electrons. The predicted octanol–water partition coefficient (Wildman–Crippen LogP) is -1.15. The van der Waals surface area contributed by atoms with Crippen molar-refractivity contribution in [1.82, 2.24) is 0 Å². The van der Waals surface area contributed by atoms with E-state index in [1.807, 2.05) is 0 Å². The van der Waals surface area contributed by atoms with Gasteiger partial charge in [-0.05, 0) is 0 Å². The molecule has 0 saturated carbocycles. The number of nitro groups is 4. The molecule has 0 aliphatic rings. The number of carbonyl (C=O) groups is 1.